The Kier molecular flexibility index (Phi) is 7.43. The number of likely N-dealkylation sites (N-methyl/N-ethyl adjacent to an activating group) is 1. The van der Waals surface area contributed by atoms with Gasteiger partial charge in [-0.2, -0.15) is 0 Å². The summed E-state index contributed by atoms with van der Waals surface area (Å²) in [4.78, 5) is 13.9. The standard InChI is InChI=1S/C20H25N3O3S/c1-14-17(19(24)26-4)6-5-7-18(14)22-20(27)21-12-13-23(2)15-8-10-16(25-3)11-9-15/h5-11H,12-13H2,1-4H3,(H2,21,22,27). The Bertz CT molecular complexity index is 794. The highest BCUT2D eigenvalue weighted by molar-refractivity contribution is 7.80. The van der Waals surface area contributed by atoms with Crippen molar-refractivity contribution in [1.82, 2.24) is 5.32 Å². The van der Waals surface area contributed by atoms with Crippen molar-refractivity contribution in [3.8, 4) is 5.75 Å². The van der Waals surface area contributed by atoms with Crippen LogP contribution in [0, 0.1) is 6.92 Å². The van der Waals surface area contributed by atoms with Crippen molar-refractivity contribution in [2.24, 2.45) is 0 Å². The molecule has 2 rings (SSSR count). The van der Waals surface area contributed by atoms with Gasteiger partial charge < -0.3 is 25.0 Å². The highest BCUT2D eigenvalue weighted by atomic mass is 32.1. The van der Waals surface area contributed by atoms with Gasteiger partial charge in [-0.05, 0) is 61.1 Å². The Labute approximate surface area is 165 Å². The van der Waals surface area contributed by atoms with E-state index in [2.05, 4.69) is 15.5 Å². The van der Waals surface area contributed by atoms with E-state index in [4.69, 9.17) is 21.7 Å². The lowest BCUT2D eigenvalue weighted by Crippen LogP contribution is -2.35. The maximum atomic E-state index is 11.8. The van der Waals surface area contributed by atoms with Crippen LogP contribution in [-0.2, 0) is 4.74 Å². The van der Waals surface area contributed by atoms with Crippen LogP contribution >= 0.6 is 12.2 Å². The van der Waals surface area contributed by atoms with E-state index in [1.165, 1.54) is 7.11 Å². The molecule has 144 valence electrons. The Hall–Kier alpha value is -2.80. The first-order valence-electron chi connectivity index (χ1n) is 8.54. The number of nitrogens with one attached hydrogen (secondary N) is 2. The number of esters is 1. The smallest absolute Gasteiger partial charge is 0.338 e. The molecule has 7 heteroatoms. The Morgan fingerprint density at radius 1 is 1.15 bits per heavy atom. The van der Waals surface area contributed by atoms with Gasteiger partial charge in [0.25, 0.3) is 0 Å². The summed E-state index contributed by atoms with van der Waals surface area (Å²) < 4.78 is 9.97. The van der Waals surface area contributed by atoms with E-state index in [1.807, 2.05) is 44.3 Å². The monoisotopic (exact) mass is 387 g/mol. The summed E-state index contributed by atoms with van der Waals surface area (Å²) in [5, 5.41) is 6.82. The molecule has 0 aromatic heterocycles. The van der Waals surface area contributed by atoms with E-state index in [-0.39, 0.29) is 5.97 Å². The molecule has 2 N–H and O–H groups in total. The second-order valence-electron chi connectivity index (χ2n) is 5.97. The maximum absolute atomic E-state index is 11.8. The summed E-state index contributed by atoms with van der Waals surface area (Å²) in [5.41, 5.74) is 3.19. The van der Waals surface area contributed by atoms with Crippen LogP contribution in [0.4, 0.5) is 11.4 Å². The lowest BCUT2D eigenvalue weighted by atomic mass is 10.1. The fraction of sp³-hybridized carbons (Fsp3) is 0.300. The predicted molar refractivity (Wildman–Crippen MR) is 113 cm³/mol. The minimum atomic E-state index is -0.365. The molecule has 0 aliphatic carbocycles. The number of carbonyl (C=O) groups is 1. The average Bonchev–Trinajstić information content (AvgIpc) is 2.69. The van der Waals surface area contributed by atoms with Gasteiger partial charge in [0.05, 0.1) is 19.8 Å². The van der Waals surface area contributed by atoms with Crippen LogP contribution in [0.1, 0.15) is 15.9 Å². The quantitative estimate of drug-likeness (QED) is 0.559. The summed E-state index contributed by atoms with van der Waals surface area (Å²) in [7, 11) is 5.04. The molecule has 6 nitrogen and oxygen atoms in total. The van der Waals surface area contributed by atoms with E-state index in [9.17, 15) is 4.79 Å². The van der Waals surface area contributed by atoms with Crippen molar-refractivity contribution in [2.45, 2.75) is 6.92 Å². The van der Waals surface area contributed by atoms with Crippen LogP contribution in [0.5, 0.6) is 5.75 Å². The largest absolute Gasteiger partial charge is 0.497 e. The molecule has 2 aromatic rings. The molecule has 0 atom stereocenters. The lowest BCUT2D eigenvalue weighted by Gasteiger charge is -2.21. The number of benzene rings is 2. The second-order valence-corrected chi connectivity index (χ2v) is 6.38. The van der Waals surface area contributed by atoms with Crippen molar-refractivity contribution in [3.05, 3.63) is 53.6 Å². The van der Waals surface area contributed by atoms with Gasteiger partial charge in [-0.3, -0.25) is 0 Å². The van der Waals surface area contributed by atoms with Gasteiger partial charge in [0, 0.05) is 31.5 Å². The van der Waals surface area contributed by atoms with Gasteiger partial charge in [0.15, 0.2) is 5.11 Å². The number of thiocarbonyl (C=S) groups is 1. The van der Waals surface area contributed by atoms with Crippen molar-refractivity contribution < 1.29 is 14.3 Å². The molecule has 0 radical (unpaired) electrons. The van der Waals surface area contributed by atoms with Gasteiger partial charge in [0.1, 0.15) is 5.75 Å². The first-order chi connectivity index (χ1) is 13.0. The summed E-state index contributed by atoms with van der Waals surface area (Å²) in [6, 6.07) is 13.3. The topological polar surface area (TPSA) is 62.8 Å². The number of nitrogens with zero attached hydrogens (tertiary/aromatic N) is 1. The predicted octanol–water partition coefficient (Wildman–Crippen LogP) is 3.21. The van der Waals surface area contributed by atoms with Crippen LogP contribution in [0.15, 0.2) is 42.5 Å². The Balaban J connectivity index is 1.86. The van der Waals surface area contributed by atoms with Crippen LogP contribution in [0.3, 0.4) is 0 Å². The van der Waals surface area contributed by atoms with E-state index in [0.29, 0.717) is 17.2 Å². The average molecular weight is 388 g/mol. The molecule has 0 heterocycles. The number of hydrogen-bond donors (Lipinski definition) is 2. The molecular formula is C20H25N3O3S. The van der Waals surface area contributed by atoms with Gasteiger partial charge in [0.2, 0.25) is 0 Å². The molecule has 0 spiro atoms. The molecule has 0 aliphatic heterocycles. The summed E-state index contributed by atoms with van der Waals surface area (Å²) >= 11 is 5.36. The normalized spacial score (nSPS) is 10.1. The van der Waals surface area contributed by atoms with Crippen molar-refractivity contribution >= 4 is 34.7 Å². The van der Waals surface area contributed by atoms with Crippen molar-refractivity contribution in [3.63, 3.8) is 0 Å². The molecule has 0 aliphatic rings. The lowest BCUT2D eigenvalue weighted by molar-refractivity contribution is 0.0600. The second kappa shape index (κ2) is 9.78. The molecule has 27 heavy (non-hydrogen) atoms. The minimum absolute atomic E-state index is 0.365. The third-order valence-electron chi connectivity index (χ3n) is 4.23. The Morgan fingerprint density at radius 3 is 2.48 bits per heavy atom. The molecule has 0 saturated heterocycles. The van der Waals surface area contributed by atoms with Gasteiger partial charge in [-0.15, -0.1) is 0 Å². The number of ether oxygens (including phenoxy) is 2. The zero-order chi connectivity index (χ0) is 19.8. The highest BCUT2D eigenvalue weighted by Crippen LogP contribution is 2.20. The highest BCUT2D eigenvalue weighted by Gasteiger charge is 2.12. The zero-order valence-corrected chi connectivity index (χ0v) is 16.9. The number of hydrogen-bond acceptors (Lipinski definition) is 5. The number of anilines is 2. The van der Waals surface area contributed by atoms with Crippen LogP contribution in [-0.4, -0.2) is 45.4 Å². The molecule has 0 bridgehead atoms. The summed E-state index contributed by atoms with van der Waals surface area (Å²) in [5.74, 6) is 0.469. The van der Waals surface area contributed by atoms with Crippen LogP contribution in [0.2, 0.25) is 0 Å². The molecule has 0 amide bonds. The van der Waals surface area contributed by atoms with Crippen molar-refractivity contribution in [2.75, 3.05) is 44.6 Å². The van der Waals surface area contributed by atoms with Gasteiger partial charge >= 0.3 is 5.97 Å². The number of carbonyl (C=O) groups excluding carboxylic acids is 1. The van der Waals surface area contributed by atoms with Gasteiger partial charge in [-0.1, -0.05) is 6.07 Å². The maximum Gasteiger partial charge on any atom is 0.338 e. The van der Waals surface area contributed by atoms with E-state index in [0.717, 1.165) is 29.2 Å². The summed E-state index contributed by atoms with van der Waals surface area (Å²) in [6.45, 7) is 3.30. The summed E-state index contributed by atoms with van der Waals surface area (Å²) in [6.07, 6.45) is 0. The third kappa shape index (κ3) is 5.59. The first-order valence-corrected chi connectivity index (χ1v) is 8.95. The number of methoxy groups -OCH3 is 2. The van der Waals surface area contributed by atoms with Crippen LogP contribution in [0.25, 0.3) is 0 Å². The fourth-order valence-electron chi connectivity index (χ4n) is 2.57. The third-order valence-corrected chi connectivity index (χ3v) is 4.48. The zero-order valence-electron chi connectivity index (χ0n) is 16.0. The van der Waals surface area contributed by atoms with Crippen molar-refractivity contribution in [1.29, 1.82) is 0 Å². The minimum Gasteiger partial charge on any atom is -0.497 e. The molecule has 0 fully saturated rings. The van der Waals surface area contributed by atoms with Gasteiger partial charge in [-0.25, -0.2) is 4.79 Å². The van der Waals surface area contributed by atoms with E-state index < -0.39 is 0 Å². The SMILES string of the molecule is COC(=O)c1cccc(NC(=S)NCCN(C)c2ccc(OC)cc2)c1C. The van der Waals surface area contributed by atoms with E-state index in [1.54, 1.807) is 19.2 Å². The first kappa shape index (κ1) is 20.5. The molecule has 2 aromatic carbocycles. The molecule has 0 unspecified atom stereocenters. The Morgan fingerprint density at radius 2 is 1.85 bits per heavy atom. The molecular weight excluding hydrogens is 362 g/mol. The van der Waals surface area contributed by atoms with E-state index >= 15 is 0 Å². The number of rotatable bonds is 7. The molecule has 0 saturated carbocycles. The fourth-order valence-corrected chi connectivity index (χ4v) is 2.78. The van der Waals surface area contributed by atoms with Crippen LogP contribution < -0.4 is 20.3 Å².